The van der Waals surface area contributed by atoms with Gasteiger partial charge in [0.2, 0.25) is 0 Å². The maximum absolute atomic E-state index is 13.0. The lowest BCUT2D eigenvalue weighted by molar-refractivity contribution is 0.0939. The maximum Gasteiger partial charge on any atom is 0.257 e. The minimum atomic E-state index is -0.289. The van der Waals surface area contributed by atoms with E-state index in [-0.39, 0.29) is 5.91 Å². The first kappa shape index (κ1) is 23.1. The van der Waals surface area contributed by atoms with E-state index in [1.807, 2.05) is 10.6 Å². The molecule has 0 fully saturated rings. The molecule has 1 aliphatic rings. The number of ether oxygens (including phenoxy) is 3. The number of benzene rings is 1. The van der Waals surface area contributed by atoms with Crippen LogP contribution in [0, 0.1) is 0 Å². The number of nitrogens with zero attached hydrogens (tertiary/aromatic N) is 4. The summed E-state index contributed by atoms with van der Waals surface area (Å²) in [6.45, 7) is 9.61. The van der Waals surface area contributed by atoms with Gasteiger partial charge in [0.25, 0.3) is 5.91 Å². The SMILES string of the molecule is CCN(CC)CCCn1c(N)c(C(=O)NCCOC)c2nc3cc4c(cc3nc21)OCCO4. The van der Waals surface area contributed by atoms with Gasteiger partial charge >= 0.3 is 0 Å². The van der Waals surface area contributed by atoms with E-state index in [1.54, 1.807) is 13.2 Å². The highest BCUT2D eigenvalue weighted by molar-refractivity contribution is 6.10. The molecule has 10 heteroatoms. The Kier molecular flexibility index (Phi) is 7.14. The lowest BCUT2D eigenvalue weighted by atomic mass is 10.2. The molecule has 0 saturated carbocycles. The first-order valence-electron chi connectivity index (χ1n) is 11.5. The van der Waals surface area contributed by atoms with Crippen LogP contribution in [0.4, 0.5) is 5.82 Å². The number of methoxy groups -OCH3 is 1. The van der Waals surface area contributed by atoms with E-state index in [4.69, 9.17) is 29.9 Å². The van der Waals surface area contributed by atoms with E-state index in [0.29, 0.717) is 78.0 Å². The van der Waals surface area contributed by atoms with Crippen molar-refractivity contribution in [2.75, 3.05) is 58.8 Å². The number of nitrogens with two attached hydrogens (primary N) is 1. The Balaban J connectivity index is 1.77. The molecular weight excluding hydrogens is 424 g/mol. The summed E-state index contributed by atoms with van der Waals surface area (Å²) in [6.07, 6.45) is 0.876. The van der Waals surface area contributed by atoms with E-state index in [2.05, 4.69) is 24.1 Å². The number of carbonyl (C=O) groups is 1. The Morgan fingerprint density at radius 2 is 1.85 bits per heavy atom. The van der Waals surface area contributed by atoms with Crippen LogP contribution in [0.15, 0.2) is 12.1 Å². The molecule has 10 nitrogen and oxygen atoms in total. The number of rotatable bonds is 10. The van der Waals surface area contributed by atoms with Crippen molar-refractivity contribution in [3.63, 3.8) is 0 Å². The maximum atomic E-state index is 13.0. The zero-order valence-electron chi connectivity index (χ0n) is 19.5. The van der Waals surface area contributed by atoms with Crippen molar-refractivity contribution in [3.8, 4) is 11.5 Å². The standard InChI is InChI=1S/C23H32N6O4/c1-4-28(5-2)8-6-9-29-21(24)19(23(30)25-7-10-31-3)20-22(29)27-16-14-18-17(13-15(16)26-20)32-11-12-33-18/h13-14H,4-12,24H2,1-3H3,(H,25,30). The highest BCUT2D eigenvalue weighted by Crippen LogP contribution is 2.35. The second-order valence-electron chi connectivity index (χ2n) is 7.92. The van der Waals surface area contributed by atoms with Crippen molar-refractivity contribution in [3.05, 3.63) is 17.7 Å². The van der Waals surface area contributed by atoms with Crippen LogP contribution < -0.4 is 20.5 Å². The molecule has 0 spiro atoms. The van der Waals surface area contributed by atoms with E-state index >= 15 is 0 Å². The zero-order chi connectivity index (χ0) is 23.4. The summed E-state index contributed by atoms with van der Waals surface area (Å²) in [5.74, 6) is 1.35. The average molecular weight is 457 g/mol. The van der Waals surface area contributed by atoms with Gasteiger partial charge in [0.05, 0.1) is 17.6 Å². The number of anilines is 1. The van der Waals surface area contributed by atoms with Crippen molar-refractivity contribution < 1.29 is 19.0 Å². The molecular formula is C23H32N6O4. The predicted octanol–water partition coefficient (Wildman–Crippen LogP) is 2.05. The molecule has 1 amide bonds. The average Bonchev–Trinajstić information content (AvgIpc) is 3.09. The number of nitrogen functional groups attached to an aromatic ring is 1. The van der Waals surface area contributed by atoms with Gasteiger partial charge in [-0.15, -0.1) is 0 Å². The topological polar surface area (TPSA) is 117 Å². The second kappa shape index (κ2) is 10.2. The van der Waals surface area contributed by atoms with Crippen molar-refractivity contribution in [2.24, 2.45) is 0 Å². The van der Waals surface area contributed by atoms with Gasteiger partial charge < -0.3 is 34.7 Å². The number of hydrogen-bond acceptors (Lipinski definition) is 8. The Morgan fingerprint density at radius 1 is 1.18 bits per heavy atom. The van der Waals surface area contributed by atoms with Crippen LogP contribution in [0.5, 0.6) is 11.5 Å². The molecule has 0 aliphatic carbocycles. The third-order valence-electron chi connectivity index (χ3n) is 5.92. The fourth-order valence-corrected chi connectivity index (χ4v) is 4.11. The molecule has 3 heterocycles. The Hall–Kier alpha value is -3.11. The summed E-state index contributed by atoms with van der Waals surface area (Å²) in [6, 6.07) is 3.63. The van der Waals surface area contributed by atoms with E-state index in [0.717, 1.165) is 26.1 Å². The number of fused-ring (bicyclic) bond motifs is 3. The van der Waals surface area contributed by atoms with E-state index in [9.17, 15) is 4.79 Å². The van der Waals surface area contributed by atoms with Gasteiger partial charge in [0.15, 0.2) is 17.1 Å². The zero-order valence-corrected chi connectivity index (χ0v) is 19.5. The van der Waals surface area contributed by atoms with Crippen molar-refractivity contribution >= 4 is 33.9 Å². The summed E-state index contributed by atoms with van der Waals surface area (Å²) < 4.78 is 18.3. The number of aromatic nitrogens is 3. The van der Waals surface area contributed by atoms with Crippen LogP contribution >= 0.6 is 0 Å². The lowest BCUT2D eigenvalue weighted by Crippen LogP contribution is -2.28. The normalized spacial score (nSPS) is 13.2. The highest BCUT2D eigenvalue weighted by atomic mass is 16.6. The fraction of sp³-hybridized carbons (Fsp3) is 0.522. The van der Waals surface area contributed by atoms with Crippen molar-refractivity contribution in [1.82, 2.24) is 24.8 Å². The molecule has 0 atom stereocenters. The van der Waals surface area contributed by atoms with Crippen LogP contribution in [0.1, 0.15) is 30.6 Å². The lowest BCUT2D eigenvalue weighted by Gasteiger charge is -2.19. The third-order valence-corrected chi connectivity index (χ3v) is 5.92. The first-order valence-corrected chi connectivity index (χ1v) is 11.5. The number of amides is 1. The Labute approximate surface area is 193 Å². The van der Waals surface area contributed by atoms with Gasteiger partial charge in [0.1, 0.15) is 30.1 Å². The highest BCUT2D eigenvalue weighted by Gasteiger charge is 2.25. The largest absolute Gasteiger partial charge is 0.486 e. The molecule has 3 aromatic rings. The van der Waals surface area contributed by atoms with Gasteiger partial charge in [-0.3, -0.25) is 4.79 Å². The summed E-state index contributed by atoms with van der Waals surface area (Å²) >= 11 is 0. The Morgan fingerprint density at radius 3 is 2.48 bits per heavy atom. The van der Waals surface area contributed by atoms with Crippen molar-refractivity contribution in [2.45, 2.75) is 26.8 Å². The first-order chi connectivity index (χ1) is 16.1. The minimum Gasteiger partial charge on any atom is -0.486 e. The molecule has 2 aromatic heterocycles. The molecule has 1 aromatic carbocycles. The van der Waals surface area contributed by atoms with Gasteiger partial charge in [-0.1, -0.05) is 13.8 Å². The number of nitrogens with one attached hydrogen (secondary N) is 1. The van der Waals surface area contributed by atoms with Crippen LogP contribution in [0.2, 0.25) is 0 Å². The van der Waals surface area contributed by atoms with Crippen LogP contribution in [-0.4, -0.2) is 78.5 Å². The molecule has 3 N–H and O–H groups in total. The quantitative estimate of drug-likeness (QED) is 0.445. The predicted molar refractivity (Wildman–Crippen MR) is 127 cm³/mol. The van der Waals surface area contributed by atoms with Gasteiger partial charge in [-0.25, -0.2) is 9.97 Å². The molecule has 4 rings (SSSR count). The van der Waals surface area contributed by atoms with Crippen LogP contribution in [0.3, 0.4) is 0 Å². The van der Waals surface area contributed by atoms with Crippen LogP contribution in [-0.2, 0) is 11.3 Å². The molecule has 33 heavy (non-hydrogen) atoms. The molecule has 0 bridgehead atoms. The molecule has 1 aliphatic heterocycles. The monoisotopic (exact) mass is 456 g/mol. The summed E-state index contributed by atoms with van der Waals surface area (Å²) in [5, 5.41) is 2.86. The number of hydrogen-bond donors (Lipinski definition) is 2. The summed E-state index contributed by atoms with van der Waals surface area (Å²) in [4.78, 5) is 25.0. The number of carbonyl (C=O) groups excluding carboxylic acids is 1. The molecule has 178 valence electrons. The smallest absolute Gasteiger partial charge is 0.257 e. The number of aryl methyl sites for hydroxylation is 1. The van der Waals surface area contributed by atoms with Crippen LogP contribution in [0.25, 0.3) is 22.2 Å². The summed E-state index contributed by atoms with van der Waals surface area (Å²) in [7, 11) is 1.59. The van der Waals surface area contributed by atoms with Crippen molar-refractivity contribution in [1.29, 1.82) is 0 Å². The molecule has 0 saturated heterocycles. The van der Waals surface area contributed by atoms with Gasteiger partial charge in [0, 0.05) is 32.3 Å². The van der Waals surface area contributed by atoms with Gasteiger partial charge in [-0.05, 0) is 26.1 Å². The third kappa shape index (κ3) is 4.67. The van der Waals surface area contributed by atoms with E-state index < -0.39 is 0 Å². The fourth-order valence-electron chi connectivity index (χ4n) is 4.11. The Bertz CT molecular complexity index is 1140. The van der Waals surface area contributed by atoms with E-state index in [1.165, 1.54) is 0 Å². The second-order valence-corrected chi connectivity index (χ2v) is 7.92. The van der Waals surface area contributed by atoms with Gasteiger partial charge in [-0.2, -0.15) is 0 Å². The molecule has 0 unspecified atom stereocenters. The summed E-state index contributed by atoms with van der Waals surface area (Å²) in [5.41, 5.74) is 9.22. The molecule has 0 radical (unpaired) electrons. The minimum absolute atomic E-state index is 0.289.